The van der Waals surface area contributed by atoms with Crippen molar-refractivity contribution >= 4 is 5.71 Å². The van der Waals surface area contributed by atoms with Crippen LogP contribution in [0.1, 0.15) is 64.7 Å². The summed E-state index contributed by atoms with van der Waals surface area (Å²) >= 11 is 0. The third-order valence-corrected chi connectivity index (χ3v) is 9.71. The number of ether oxygens (including phenoxy) is 1. The average Bonchev–Trinajstić information content (AvgIpc) is 3.24. The first-order valence-electron chi connectivity index (χ1n) is 11.0. The second-order valence-electron chi connectivity index (χ2n) is 10.5. The molecule has 0 aromatic carbocycles. The van der Waals surface area contributed by atoms with E-state index in [0.717, 1.165) is 36.8 Å². The van der Waals surface area contributed by atoms with Gasteiger partial charge in [0.1, 0.15) is 0 Å². The summed E-state index contributed by atoms with van der Waals surface area (Å²) in [4.78, 5) is 0. The minimum Gasteiger partial charge on any atom is -0.411 e. The summed E-state index contributed by atoms with van der Waals surface area (Å²) in [5.74, 6) is 2.97. The quantitative estimate of drug-likeness (QED) is 0.377. The molecule has 27 heavy (non-hydrogen) atoms. The Balaban J connectivity index is 1.37. The zero-order valence-electron chi connectivity index (χ0n) is 16.2. The molecule has 0 saturated heterocycles. The van der Waals surface area contributed by atoms with Gasteiger partial charge in [0.25, 0.3) is 0 Å². The van der Waals surface area contributed by atoms with Crippen molar-refractivity contribution in [3.8, 4) is 0 Å². The van der Waals surface area contributed by atoms with Gasteiger partial charge in [-0.25, -0.2) is 0 Å². The molecule has 0 amide bonds. The van der Waals surface area contributed by atoms with Crippen LogP contribution in [0, 0.1) is 34.5 Å². The minimum absolute atomic E-state index is 0.159. The Hall–Kier alpha value is -1.13. The van der Waals surface area contributed by atoms with E-state index in [-0.39, 0.29) is 11.0 Å². The lowest BCUT2D eigenvalue weighted by Gasteiger charge is -2.57. The van der Waals surface area contributed by atoms with Crippen LogP contribution in [-0.2, 0) is 4.74 Å². The molecule has 0 aromatic heterocycles. The molecule has 2 spiro atoms. The number of fused-ring (bicyclic) bond motifs is 7. The Kier molecular flexibility index (Phi) is 3.28. The Morgan fingerprint density at radius 3 is 2.67 bits per heavy atom. The van der Waals surface area contributed by atoms with E-state index in [1.807, 2.05) is 6.08 Å². The van der Waals surface area contributed by atoms with Crippen molar-refractivity contribution in [2.24, 2.45) is 39.7 Å². The largest absolute Gasteiger partial charge is 0.411 e. The first-order valence-corrected chi connectivity index (χ1v) is 11.0. The van der Waals surface area contributed by atoms with Crippen LogP contribution in [-0.4, -0.2) is 27.9 Å². The van der Waals surface area contributed by atoms with Crippen LogP contribution in [0.25, 0.3) is 0 Å². The van der Waals surface area contributed by atoms with Crippen molar-refractivity contribution in [3.05, 3.63) is 23.8 Å². The maximum absolute atomic E-state index is 10.0. The molecule has 1 heterocycles. The number of oxime groups is 1. The summed E-state index contributed by atoms with van der Waals surface area (Å²) in [5, 5.41) is 22.9. The van der Waals surface area contributed by atoms with Crippen LogP contribution < -0.4 is 0 Å². The molecule has 5 aliphatic carbocycles. The highest BCUT2D eigenvalue weighted by molar-refractivity contribution is 5.96. The minimum atomic E-state index is -0.719. The summed E-state index contributed by atoms with van der Waals surface area (Å²) in [6.07, 6.45) is 16.4. The van der Waals surface area contributed by atoms with Crippen molar-refractivity contribution in [1.29, 1.82) is 0 Å². The van der Waals surface area contributed by atoms with E-state index < -0.39 is 6.29 Å². The highest BCUT2D eigenvalue weighted by atomic mass is 16.6. The summed E-state index contributed by atoms with van der Waals surface area (Å²) in [5.41, 5.74) is 2.85. The maximum Gasteiger partial charge on any atom is 0.175 e. The van der Waals surface area contributed by atoms with E-state index in [1.165, 1.54) is 38.5 Å². The fraction of sp³-hybridized carbons (Fsp3) is 0.783. The summed E-state index contributed by atoms with van der Waals surface area (Å²) in [6.45, 7) is 2.45. The van der Waals surface area contributed by atoms with Gasteiger partial charge in [-0.1, -0.05) is 23.7 Å². The van der Waals surface area contributed by atoms with Crippen molar-refractivity contribution in [3.63, 3.8) is 0 Å². The van der Waals surface area contributed by atoms with Crippen molar-refractivity contribution in [1.82, 2.24) is 0 Å². The van der Waals surface area contributed by atoms with Crippen LogP contribution >= 0.6 is 0 Å². The SMILES string of the molecule is C[C@]12CCC3C(CC4(CC4)C4=C/C(=N/O)CC[C@@H]43)C1CC[C@@]21C=CC(O)O1. The third kappa shape index (κ3) is 2.04. The van der Waals surface area contributed by atoms with Crippen LogP contribution in [0.2, 0.25) is 0 Å². The average molecular weight is 370 g/mol. The predicted molar refractivity (Wildman–Crippen MR) is 102 cm³/mol. The monoisotopic (exact) mass is 369 g/mol. The van der Waals surface area contributed by atoms with Crippen LogP contribution in [0.3, 0.4) is 0 Å². The lowest BCUT2D eigenvalue weighted by atomic mass is 9.48. The number of aliphatic hydroxyl groups excluding tert-OH is 1. The standard InChI is InChI=1S/C23H31NO3/c1-21-7-4-15-16-3-2-14(24-26)12-19(16)22(10-11-22)13-17(15)18(21)5-8-23(21)9-6-20(25)27-23/h6,9,12,15-18,20,25-26H,2-5,7-8,10-11,13H2,1H3/b24-14+/t15?,16-,17?,18?,20?,21+,23-/m1/s1. The zero-order chi connectivity index (χ0) is 18.4. The van der Waals surface area contributed by atoms with E-state index in [1.54, 1.807) is 5.57 Å². The molecular weight excluding hydrogens is 338 g/mol. The topological polar surface area (TPSA) is 62.1 Å². The molecule has 0 bridgehead atoms. The van der Waals surface area contributed by atoms with Gasteiger partial charge in [-0.05, 0) is 99.0 Å². The summed E-state index contributed by atoms with van der Waals surface area (Å²) in [7, 11) is 0. The molecule has 4 nitrogen and oxygen atoms in total. The number of nitrogens with zero attached hydrogens (tertiary/aromatic N) is 1. The van der Waals surface area contributed by atoms with E-state index >= 15 is 0 Å². The zero-order valence-corrected chi connectivity index (χ0v) is 16.2. The van der Waals surface area contributed by atoms with E-state index in [4.69, 9.17) is 4.74 Å². The van der Waals surface area contributed by atoms with E-state index in [2.05, 4.69) is 24.2 Å². The molecule has 1 aliphatic heterocycles. The molecular formula is C23H31NO3. The van der Waals surface area contributed by atoms with Crippen LogP contribution in [0.5, 0.6) is 0 Å². The lowest BCUT2D eigenvalue weighted by molar-refractivity contribution is -0.182. The second kappa shape index (κ2) is 5.27. The van der Waals surface area contributed by atoms with Crippen molar-refractivity contribution < 1.29 is 15.1 Å². The molecule has 2 N–H and O–H groups in total. The van der Waals surface area contributed by atoms with Gasteiger partial charge in [-0.2, -0.15) is 0 Å². The van der Waals surface area contributed by atoms with Gasteiger partial charge >= 0.3 is 0 Å². The molecule has 6 aliphatic rings. The number of rotatable bonds is 0. The van der Waals surface area contributed by atoms with E-state index in [0.29, 0.717) is 17.3 Å². The van der Waals surface area contributed by atoms with Crippen molar-refractivity contribution in [2.45, 2.75) is 76.6 Å². The van der Waals surface area contributed by atoms with Gasteiger partial charge in [0, 0.05) is 5.41 Å². The molecule has 6 rings (SSSR count). The Labute approximate surface area is 161 Å². The Bertz CT molecular complexity index is 766. The van der Waals surface area contributed by atoms with Crippen LogP contribution in [0.15, 0.2) is 29.0 Å². The van der Waals surface area contributed by atoms with Gasteiger partial charge < -0.3 is 15.1 Å². The van der Waals surface area contributed by atoms with Gasteiger partial charge in [0.2, 0.25) is 0 Å². The summed E-state index contributed by atoms with van der Waals surface area (Å²) < 4.78 is 6.15. The predicted octanol–water partition coefficient (Wildman–Crippen LogP) is 4.42. The van der Waals surface area contributed by atoms with Crippen LogP contribution in [0.4, 0.5) is 0 Å². The van der Waals surface area contributed by atoms with E-state index in [9.17, 15) is 10.3 Å². The van der Waals surface area contributed by atoms with Gasteiger partial charge in [-0.15, -0.1) is 0 Å². The number of hydrogen-bond donors (Lipinski definition) is 2. The number of hydrogen-bond acceptors (Lipinski definition) is 4. The molecule has 4 unspecified atom stereocenters. The number of aliphatic hydroxyl groups is 1. The lowest BCUT2D eigenvalue weighted by Crippen LogP contribution is -2.53. The second-order valence-corrected chi connectivity index (χ2v) is 10.5. The molecule has 0 radical (unpaired) electrons. The first-order chi connectivity index (χ1) is 13.0. The highest BCUT2D eigenvalue weighted by Crippen LogP contribution is 2.72. The number of allylic oxidation sites excluding steroid dienone is 2. The Morgan fingerprint density at radius 1 is 1.11 bits per heavy atom. The molecule has 7 atom stereocenters. The molecule has 4 fully saturated rings. The van der Waals surface area contributed by atoms with Gasteiger partial charge in [0.05, 0.1) is 11.3 Å². The molecule has 146 valence electrons. The molecule has 4 heteroatoms. The third-order valence-electron chi connectivity index (χ3n) is 9.71. The highest BCUT2D eigenvalue weighted by Gasteiger charge is 2.67. The first kappa shape index (κ1) is 16.8. The van der Waals surface area contributed by atoms with Crippen molar-refractivity contribution in [2.75, 3.05) is 0 Å². The molecule has 4 saturated carbocycles. The normalized spacial score (nSPS) is 53.3. The van der Waals surface area contributed by atoms with Gasteiger partial charge in [-0.3, -0.25) is 0 Å². The smallest absolute Gasteiger partial charge is 0.175 e. The fourth-order valence-corrected chi connectivity index (χ4v) is 8.24. The maximum atomic E-state index is 10.0. The fourth-order valence-electron chi connectivity index (χ4n) is 8.24. The summed E-state index contributed by atoms with van der Waals surface area (Å²) in [6, 6.07) is 0. The molecule has 0 aromatic rings. The Morgan fingerprint density at radius 2 is 1.96 bits per heavy atom. The van der Waals surface area contributed by atoms with Gasteiger partial charge in [0.15, 0.2) is 6.29 Å².